The molecular formula is C33H41F3N4O2. The highest BCUT2D eigenvalue weighted by atomic mass is 19.1. The summed E-state index contributed by atoms with van der Waals surface area (Å²) in [6.07, 6.45) is 5.42. The third kappa shape index (κ3) is 6.52. The maximum Gasteiger partial charge on any atom is 0.245 e. The van der Waals surface area contributed by atoms with Gasteiger partial charge in [0.05, 0.1) is 6.04 Å². The Morgan fingerprint density at radius 2 is 1.90 bits per heavy atom. The van der Waals surface area contributed by atoms with Gasteiger partial charge in [0.15, 0.2) is 0 Å². The molecular weight excluding hydrogens is 541 g/mol. The fraction of sp³-hybridized carbons (Fsp3) is 0.485. The van der Waals surface area contributed by atoms with Crippen molar-refractivity contribution in [1.29, 1.82) is 0 Å². The first kappa shape index (κ1) is 30.2. The number of benzene rings is 2. The van der Waals surface area contributed by atoms with E-state index in [1.165, 1.54) is 30.9 Å². The Morgan fingerprint density at radius 1 is 1.19 bits per heavy atom. The van der Waals surface area contributed by atoms with E-state index in [4.69, 9.17) is 4.74 Å². The Bertz CT molecular complexity index is 1440. The van der Waals surface area contributed by atoms with Gasteiger partial charge in [0.25, 0.3) is 0 Å². The summed E-state index contributed by atoms with van der Waals surface area (Å²) < 4.78 is 53.2. The molecule has 3 heterocycles. The number of hydrogen-bond acceptors (Lipinski definition) is 4. The molecule has 0 radical (unpaired) electrons. The monoisotopic (exact) mass is 582 g/mol. The fourth-order valence-corrected chi connectivity index (χ4v) is 6.31. The number of alkyl halides is 1. The van der Waals surface area contributed by atoms with E-state index < -0.39 is 23.3 Å². The predicted octanol–water partition coefficient (Wildman–Crippen LogP) is 6.02. The first-order valence-electron chi connectivity index (χ1n) is 14.7. The molecule has 226 valence electrons. The fourth-order valence-electron chi connectivity index (χ4n) is 6.31. The summed E-state index contributed by atoms with van der Waals surface area (Å²) in [6, 6.07) is 9.39. The molecule has 5 rings (SSSR count). The lowest BCUT2D eigenvalue weighted by molar-refractivity contribution is -0.123. The van der Waals surface area contributed by atoms with Gasteiger partial charge in [-0.15, -0.1) is 0 Å². The number of ether oxygens (including phenoxy) is 1. The van der Waals surface area contributed by atoms with Gasteiger partial charge in [-0.05, 0) is 58.2 Å². The quantitative estimate of drug-likeness (QED) is 0.330. The summed E-state index contributed by atoms with van der Waals surface area (Å²) >= 11 is 0. The van der Waals surface area contributed by atoms with Gasteiger partial charge in [-0.3, -0.25) is 14.6 Å². The van der Waals surface area contributed by atoms with E-state index in [0.29, 0.717) is 25.2 Å². The second-order valence-electron chi connectivity index (χ2n) is 12.5. The lowest BCUT2D eigenvalue weighted by atomic mass is 9.87. The van der Waals surface area contributed by atoms with Crippen molar-refractivity contribution in [1.82, 2.24) is 19.7 Å². The number of fused-ring (bicyclic) bond motifs is 3. The number of likely N-dealkylation sites (N-methyl/N-ethyl adjacent to an activating group) is 1. The van der Waals surface area contributed by atoms with Crippen molar-refractivity contribution in [2.45, 2.75) is 63.9 Å². The van der Waals surface area contributed by atoms with Gasteiger partial charge < -0.3 is 14.6 Å². The summed E-state index contributed by atoms with van der Waals surface area (Å²) in [4.78, 5) is 20.8. The maximum absolute atomic E-state index is 16.0. The van der Waals surface area contributed by atoms with E-state index in [9.17, 15) is 4.79 Å². The number of likely N-dealkylation sites (tertiary alicyclic amines) is 1. The van der Waals surface area contributed by atoms with Gasteiger partial charge in [0, 0.05) is 80.1 Å². The summed E-state index contributed by atoms with van der Waals surface area (Å²) in [5, 5.41) is 1.02. The Morgan fingerprint density at radius 3 is 2.60 bits per heavy atom. The van der Waals surface area contributed by atoms with Gasteiger partial charge in [0.1, 0.15) is 29.2 Å². The van der Waals surface area contributed by atoms with Crippen molar-refractivity contribution < 1.29 is 22.7 Å². The van der Waals surface area contributed by atoms with E-state index >= 15 is 13.2 Å². The van der Waals surface area contributed by atoms with Crippen LogP contribution in [0.1, 0.15) is 56.5 Å². The lowest BCUT2D eigenvalue weighted by Crippen LogP contribution is -2.48. The third-order valence-electron chi connectivity index (χ3n) is 8.23. The number of amides is 1. The normalized spacial score (nSPS) is 22.0. The lowest BCUT2D eigenvalue weighted by Gasteiger charge is -2.43. The smallest absolute Gasteiger partial charge is 0.245 e. The van der Waals surface area contributed by atoms with Crippen LogP contribution in [0.4, 0.5) is 13.2 Å². The number of aromatic nitrogens is 1. The second kappa shape index (κ2) is 12.1. The summed E-state index contributed by atoms with van der Waals surface area (Å²) in [6.45, 7) is 7.02. The molecule has 2 aliphatic heterocycles. The van der Waals surface area contributed by atoms with Crippen LogP contribution < -0.4 is 4.74 Å². The molecule has 1 saturated heterocycles. The molecule has 2 aromatic carbocycles. The number of halogens is 3. The second-order valence-corrected chi connectivity index (χ2v) is 12.5. The molecule has 1 N–H and O–H groups in total. The molecule has 0 saturated carbocycles. The zero-order valence-electron chi connectivity index (χ0n) is 25.1. The molecule has 3 aromatic rings. The highest BCUT2D eigenvalue weighted by Gasteiger charge is 2.41. The van der Waals surface area contributed by atoms with Crippen LogP contribution in [0, 0.1) is 11.6 Å². The molecule has 6 nitrogen and oxygen atoms in total. The highest BCUT2D eigenvalue weighted by molar-refractivity contribution is 5.87. The van der Waals surface area contributed by atoms with Crippen LogP contribution in [-0.4, -0.2) is 83.7 Å². The number of carbonyl (C=O) groups is 1. The van der Waals surface area contributed by atoms with Crippen LogP contribution in [0.5, 0.6) is 5.75 Å². The van der Waals surface area contributed by atoms with E-state index in [0.717, 1.165) is 35.9 Å². The number of nitrogens with zero attached hydrogens (tertiary/aromatic N) is 3. The molecule has 1 fully saturated rings. The van der Waals surface area contributed by atoms with Crippen molar-refractivity contribution >= 4 is 16.8 Å². The minimum Gasteiger partial charge on any atom is -0.489 e. The summed E-state index contributed by atoms with van der Waals surface area (Å²) in [5.41, 5.74) is 0.942. The van der Waals surface area contributed by atoms with Crippen molar-refractivity contribution in [3.05, 3.63) is 77.0 Å². The van der Waals surface area contributed by atoms with Gasteiger partial charge in [-0.1, -0.05) is 24.3 Å². The van der Waals surface area contributed by atoms with E-state index in [1.807, 2.05) is 42.2 Å². The van der Waals surface area contributed by atoms with Crippen molar-refractivity contribution in [3.8, 4) is 5.75 Å². The van der Waals surface area contributed by atoms with Gasteiger partial charge in [-0.25, -0.2) is 13.2 Å². The summed E-state index contributed by atoms with van der Waals surface area (Å²) in [7, 11) is 3.41. The zero-order chi connectivity index (χ0) is 30.2. The minimum absolute atomic E-state index is 0.0251. The van der Waals surface area contributed by atoms with E-state index in [-0.39, 0.29) is 35.9 Å². The number of aromatic amines is 1. The van der Waals surface area contributed by atoms with Crippen LogP contribution in [-0.2, 0) is 11.2 Å². The number of para-hydroxylation sites is 1. The number of hydrogen-bond donors (Lipinski definition) is 1. The van der Waals surface area contributed by atoms with Crippen LogP contribution in [0.25, 0.3) is 10.9 Å². The zero-order valence-corrected chi connectivity index (χ0v) is 25.1. The average Bonchev–Trinajstić information content (AvgIpc) is 3.27. The average molecular weight is 583 g/mol. The molecule has 0 spiro atoms. The number of rotatable bonds is 8. The Balaban J connectivity index is 1.41. The van der Waals surface area contributed by atoms with Gasteiger partial charge >= 0.3 is 0 Å². The third-order valence-corrected chi connectivity index (χ3v) is 8.23. The Labute approximate surface area is 246 Å². The standard InChI is InChI=1S/C33H41F3N4O2/c1-21-16-25-24-11-6-7-12-28(24)37-31(25)32(40(21)20-33(2,3)36)30-26(34)17-23(18-27(30)35)42-22-10-8-14-39(19-22)15-9-13-29(41)38(4)5/h6-7,9,11-13,17-18,21-22,32,37H,8,10,14-16,19-20H2,1-5H3/b13-9+/t21-,22+,32-/m1/s1. The topological polar surface area (TPSA) is 51.8 Å². The molecule has 42 heavy (non-hydrogen) atoms. The van der Waals surface area contributed by atoms with Crippen molar-refractivity contribution in [2.75, 3.05) is 40.3 Å². The number of carbonyl (C=O) groups excluding carboxylic acids is 1. The SMILES string of the molecule is C[C@@H]1Cc2c([nH]c3ccccc23)[C@@H](c2c(F)cc(O[C@H]3CCCN(C/C=C/C(=O)N(C)C)C3)cc2F)N1CC(C)(C)F. The van der Waals surface area contributed by atoms with Crippen LogP contribution in [0.15, 0.2) is 48.6 Å². The molecule has 1 aromatic heterocycles. The Kier molecular flexibility index (Phi) is 8.71. The highest BCUT2D eigenvalue weighted by Crippen LogP contribution is 2.43. The molecule has 3 atom stereocenters. The Hall–Kier alpha value is -3.30. The van der Waals surface area contributed by atoms with Crippen LogP contribution in [0.3, 0.4) is 0 Å². The number of H-pyrrole nitrogens is 1. The molecule has 1 amide bonds. The van der Waals surface area contributed by atoms with Crippen LogP contribution in [0.2, 0.25) is 0 Å². The summed E-state index contributed by atoms with van der Waals surface area (Å²) in [5.74, 6) is -1.37. The number of nitrogens with one attached hydrogen (secondary N) is 1. The predicted molar refractivity (Wildman–Crippen MR) is 159 cm³/mol. The molecule has 0 bridgehead atoms. The molecule has 9 heteroatoms. The van der Waals surface area contributed by atoms with E-state index in [1.54, 1.807) is 20.2 Å². The van der Waals surface area contributed by atoms with Gasteiger partial charge in [-0.2, -0.15) is 0 Å². The maximum atomic E-state index is 16.0. The number of piperidine rings is 1. The van der Waals surface area contributed by atoms with Crippen LogP contribution >= 0.6 is 0 Å². The van der Waals surface area contributed by atoms with Crippen molar-refractivity contribution in [3.63, 3.8) is 0 Å². The molecule has 2 aliphatic rings. The largest absolute Gasteiger partial charge is 0.489 e. The molecule has 0 unspecified atom stereocenters. The molecule has 0 aliphatic carbocycles. The van der Waals surface area contributed by atoms with E-state index in [2.05, 4.69) is 9.88 Å². The van der Waals surface area contributed by atoms with Gasteiger partial charge in [0.2, 0.25) is 5.91 Å². The first-order chi connectivity index (χ1) is 19.9. The minimum atomic E-state index is -1.56. The first-order valence-corrected chi connectivity index (χ1v) is 14.7. The van der Waals surface area contributed by atoms with Crippen molar-refractivity contribution in [2.24, 2.45) is 0 Å².